The Kier molecular flexibility index (Phi) is 23.5. The van der Waals surface area contributed by atoms with E-state index in [1.54, 1.807) is 44.2 Å². The molecule has 4 aliphatic heterocycles. The molecule has 4 bridgehead atoms. The number of hydrazone groups is 1. The molecule has 3 aromatic rings. The number of amides is 8. The molecule has 32 heteroatoms. The second-order valence-corrected chi connectivity index (χ2v) is 24.7. The van der Waals surface area contributed by atoms with Gasteiger partial charge in [0, 0.05) is 81.9 Å². The van der Waals surface area contributed by atoms with E-state index in [4.69, 9.17) is 35.3 Å². The molecule has 0 aromatic heterocycles. The third-order valence-electron chi connectivity index (χ3n) is 15.9. The smallest absolute Gasteiger partial charge is 0.409 e. The third kappa shape index (κ3) is 18.6. The lowest BCUT2D eigenvalue weighted by Crippen LogP contribution is -2.63. The summed E-state index contributed by atoms with van der Waals surface area (Å²) in [5.74, 6) is -8.68. The lowest BCUT2D eigenvalue weighted by Gasteiger charge is -2.42. The minimum absolute atomic E-state index is 0.0100. The fourth-order valence-corrected chi connectivity index (χ4v) is 11.7. The number of alkyl carbamates (subject to hydrolysis) is 1. The number of benzene rings is 3. The predicted molar refractivity (Wildman–Crippen MR) is 331 cm³/mol. The summed E-state index contributed by atoms with van der Waals surface area (Å²) in [6, 6.07) is 8.36. The van der Waals surface area contributed by atoms with Gasteiger partial charge in [-0.25, -0.2) is 14.6 Å². The first-order valence-electron chi connectivity index (χ1n) is 29.2. The van der Waals surface area contributed by atoms with Crippen LogP contribution in [0.1, 0.15) is 99.7 Å². The Labute approximate surface area is 538 Å². The molecule has 93 heavy (non-hydrogen) atoms. The molecule has 2 saturated heterocycles. The number of carbonyl (C=O) groups excluding carboxylic acids is 9. The summed E-state index contributed by atoms with van der Waals surface area (Å²) >= 11 is 6.80. The normalized spacial score (nSPS) is 23.7. The molecule has 7 N–H and O–H groups in total. The van der Waals surface area contributed by atoms with Crippen LogP contribution in [0.3, 0.4) is 0 Å². The summed E-state index contributed by atoms with van der Waals surface area (Å²) in [6.45, 7) is 6.25. The number of rotatable bonds is 23. The van der Waals surface area contributed by atoms with Crippen LogP contribution in [0.2, 0.25) is 5.02 Å². The predicted octanol–water partition coefficient (Wildman–Crippen LogP) is 4.41. The zero-order valence-corrected chi connectivity index (χ0v) is 53.2. The van der Waals surface area contributed by atoms with E-state index in [2.05, 4.69) is 31.8 Å². The number of anilines is 2. The van der Waals surface area contributed by atoms with Crippen LogP contribution in [0.4, 0.5) is 26.2 Å². The van der Waals surface area contributed by atoms with Crippen LogP contribution < -0.4 is 36.3 Å². The van der Waals surface area contributed by atoms with Gasteiger partial charge in [0.25, 0.3) is 33.5 Å². The van der Waals surface area contributed by atoms with Crippen LogP contribution in [-0.4, -0.2) is 169 Å². The van der Waals surface area contributed by atoms with Gasteiger partial charge < -0.3 is 49.6 Å². The van der Waals surface area contributed by atoms with Crippen LogP contribution >= 0.6 is 11.6 Å². The molecule has 8 amide bonds. The number of hydrogen-bond acceptors (Lipinski definition) is 20. The van der Waals surface area contributed by atoms with Crippen molar-refractivity contribution in [3.63, 3.8) is 0 Å². The molecular weight excluding hydrogens is 1270 g/mol. The van der Waals surface area contributed by atoms with Gasteiger partial charge in [-0.2, -0.15) is 13.5 Å². The van der Waals surface area contributed by atoms with Crippen LogP contribution in [0.25, 0.3) is 0 Å². The summed E-state index contributed by atoms with van der Waals surface area (Å²) in [5, 5.41) is 37.5. The van der Waals surface area contributed by atoms with Crippen molar-refractivity contribution in [2.45, 2.75) is 127 Å². The van der Waals surface area contributed by atoms with Gasteiger partial charge in [0.05, 0.1) is 42.4 Å². The van der Waals surface area contributed by atoms with Gasteiger partial charge in [0.15, 0.2) is 5.72 Å². The Hall–Kier alpha value is -9.01. The molecule has 8 atom stereocenters. The lowest BCUT2D eigenvalue weighted by atomic mass is 9.83. The Morgan fingerprint density at radius 2 is 1.73 bits per heavy atom. The third-order valence-corrected chi connectivity index (χ3v) is 17.1. The average molecular weight is 1340 g/mol. The second-order valence-electron chi connectivity index (χ2n) is 22.8. The first-order valence-corrected chi connectivity index (χ1v) is 31.2. The number of hydrogen-bond donors (Lipinski definition) is 7. The van der Waals surface area contributed by atoms with E-state index in [0.717, 1.165) is 46.9 Å². The van der Waals surface area contributed by atoms with Crippen LogP contribution in [0.15, 0.2) is 89.6 Å². The molecule has 29 nitrogen and oxygen atoms in total. The Morgan fingerprint density at radius 1 is 1.01 bits per heavy atom. The van der Waals surface area contributed by atoms with E-state index in [9.17, 15) is 71.3 Å². The average Bonchev–Trinajstić information content (AvgIpc) is 1.58. The SMILES string of the molecule is COc1cc2cc(c1Cl)N(C)C(=O)C[C@H](OC(=O)Cc1ccc(/C(C)=N/NC(=O)c3ccc(NC(=O)CCNC(=O)C(CS(=O)(=O)O)NC(=O)CCCCCN4C(=O)C=CC4=O)cc3[N+](=O)[O-])cc1F)C1(C)OC1C(C)[C@@H]1C[C@@](O)(NC(=O)O1)[C@H](OC)/C=C/C=C(\C)C2. The van der Waals surface area contributed by atoms with Crippen molar-refractivity contribution in [1.82, 2.24) is 26.3 Å². The summed E-state index contributed by atoms with van der Waals surface area (Å²) < 4.78 is 78.0. The quantitative estimate of drug-likeness (QED) is 0.0101. The number of nitro benzene ring substituents is 1. The topological polar surface area (TPSA) is 400 Å². The van der Waals surface area contributed by atoms with E-state index >= 15 is 4.39 Å². The highest BCUT2D eigenvalue weighted by Crippen LogP contribution is 2.49. The van der Waals surface area contributed by atoms with Crippen molar-refractivity contribution in [3.05, 3.63) is 128 Å². The maximum atomic E-state index is 16.0. The monoisotopic (exact) mass is 1340 g/mol. The molecule has 4 unspecified atom stereocenters. The molecular formula is C61H71ClFN9O20S. The molecule has 0 radical (unpaired) electrons. The standard InChI is InChI=1S/C61H71ClFN9O20S/c1-33-12-11-13-47(89-7)61(82)31-46(90-59(81)67-61)34(2)56-60(4,92-56)48(30-53(77)70(5)44-25-36(24-33)26-45(88-6)55(44)62)91-54(78)28-38-16-15-37(27-41(38)63)35(3)68-69-57(79)40-18-17-39(29-43(40)72(83)84)65-50(74)21-22-64-58(80)42(32-93(85,86)87)66-49(73)14-9-8-10-23-71-51(75)19-20-52(71)76/h11-13,15-20,25-27,29,34,42,46-48,56,82H,8-10,14,21-24,28,30-32H2,1-7H3,(H,64,80)(H,65,74)(H,66,73)(H,67,81)(H,69,79)(H,85,86,87)/b13-11+,33-12+,68-35+/t34?,42?,46-,47+,48-,56?,60?,61-/m0/s1. The molecule has 4 aliphatic rings. The van der Waals surface area contributed by atoms with Crippen molar-refractivity contribution in [1.29, 1.82) is 0 Å². The van der Waals surface area contributed by atoms with Gasteiger partial charge in [0.2, 0.25) is 23.6 Å². The number of esters is 1. The highest BCUT2D eigenvalue weighted by atomic mass is 35.5. The fourth-order valence-electron chi connectivity index (χ4n) is 10.8. The van der Waals surface area contributed by atoms with Gasteiger partial charge in [-0.1, -0.05) is 60.9 Å². The minimum Gasteiger partial charge on any atom is -0.495 e. The van der Waals surface area contributed by atoms with Crippen molar-refractivity contribution in [2.75, 3.05) is 50.3 Å². The molecule has 500 valence electrons. The van der Waals surface area contributed by atoms with E-state index < -0.39 is 165 Å². The first-order chi connectivity index (χ1) is 43.8. The number of aliphatic hydroxyl groups is 1. The van der Waals surface area contributed by atoms with Gasteiger partial charge in [-0.15, -0.1) is 0 Å². The number of unbranched alkanes of at least 4 members (excludes halogenated alkanes) is 2. The van der Waals surface area contributed by atoms with E-state index in [0.29, 0.717) is 24.8 Å². The molecule has 0 spiro atoms. The highest BCUT2D eigenvalue weighted by Gasteiger charge is 2.64. The van der Waals surface area contributed by atoms with E-state index in [1.807, 2.05) is 6.92 Å². The number of epoxide rings is 1. The number of carbonyl (C=O) groups is 9. The number of methoxy groups -OCH3 is 2. The van der Waals surface area contributed by atoms with Gasteiger partial charge in [-0.05, 0) is 81.5 Å². The number of allylic oxidation sites excluding steroid dienone is 3. The zero-order valence-electron chi connectivity index (χ0n) is 51.7. The first kappa shape index (κ1) is 71.4. The summed E-state index contributed by atoms with van der Waals surface area (Å²) in [4.78, 5) is 130. The number of nitrogens with zero attached hydrogens (tertiary/aromatic N) is 4. The molecule has 0 aliphatic carbocycles. The molecule has 7 rings (SSSR count). The molecule has 3 aromatic carbocycles. The fraction of sp³-hybridized carbons (Fsp3) is 0.443. The number of imide groups is 1. The van der Waals surface area contributed by atoms with Crippen molar-refractivity contribution in [2.24, 2.45) is 11.0 Å². The Bertz CT molecular complexity index is 3700. The second kappa shape index (κ2) is 30.6. The summed E-state index contributed by atoms with van der Waals surface area (Å²) in [6.07, 6.45) is 1.64. The maximum Gasteiger partial charge on any atom is 0.409 e. The summed E-state index contributed by atoms with van der Waals surface area (Å²) in [5.41, 5.74) is -0.807. The maximum absolute atomic E-state index is 16.0. The van der Waals surface area contributed by atoms with Gasteiger partial charge in [0.1, 0.15) is 57.9 Å². The van der Waals surface area contributed by atoms with E-state index in [1.165, 1.54) is 45.2 Å². The van der Waals surface area contributed by atoms with Crippen molar-refractivity contribution >= 4 is 97.9 Å². The largest absolute Gasteiger partial charge is 0.495 e. The Balaban J connectivity index is 0.968. The minimum atomic E-state index is -4.80. The summed E-state index contributed by atoms with van der Waals surface area (Å²) in [7, 11) is -0.516. The number of nitrogens with one attached hydrogen (secondary N) is 5. The van der Waals surface area contributed by atoms with Crippen molar-refractivity contribution in [3.8, 4) is 5.75 Å². The molecule has 0 saturated carbocycles. The van der Waals surface area contributed by atoms with E-state index in [-0.39, 0.29) is 64.8 Å². The molecule has 2 fully saturated rings. The Morgan fingerprint density at radius 3 is 2.40 bits per heavy atom. The number of ether oxygens (including phenoxy) is 5. The van der Waals surface area contributed by atoms with Crippen LogP contribution in [0.5, 0.6) is 5.75 Å². The van der Waals surface area contributed by atoms with Crippen molar-refractivity contribution < 1.29 is 94.2 Å². The van der Waals surface area contributed by atoms with Crippen LogP contribution in [0, 0.1) is 21.8 Å². The number of nitro groups is 1. The number of halogens is 2. The van der Waals surface area contributed by atoms with Gasteiger partial charge >= 0.3 is 12.1 Å². The zero-order chi connectivity index (χ0) is 68.3. The molecule has 4 heterocycles. The van der Waals surface area contributed by atoms with Gasteiger partial charge in [-0.3, -0.25) is 63.2 Å². The highest BCUT2D eigenvalue weighted by molar-refractivity contribution is 7.85. The lowest BCUT2D eigenvalue weighted by molar-refractivity contribution is -0.385. The number of fused-ring (bicyclic) bond motifs is 5. The van der Waals surface area contributed by atoms with Crippen LogP contribution in [-0.2, 0) is 75.5 Å².